The van der Waals surface area contributed by atoms with E-state index in [0.29, 0.717) is 28.6 Å². The first-order valence-electron chi connectivity index (χ1n) is 12.9. The third-order valence-electron chi connectivity index (χ3n) is 6.33. The van der Waals surface area contributed by atoms with Gasteiger partial charge in [-0.2, -0.15) is 0 Å². The van der Waals surface area contributed by atoms with Crippen LogP contribution in [-0.2, 0) is 19.1 Å². The van der Waals surface area contributed by atoms with E-state index in [1.54, 1.807) is 53.4 Å². The molecular weight excluding hydrogens is 508 g/mol. The lowest BCUT2D eigenvalue weighted by Gasteiger charge is -2.17. The van der Waals surface area contributed by atoms with Gasteiger partial charge in [-0.25, -0.2) is 0 Å². The zero-order valence-electron chi connectivity index (χ0n) is 21.9. The van der Waals surface area contributed by atoms with Crippen molar-refractivity contribution >= 4 is 29.2 Å². The third kappa shape index (κ3) is 6.85. The Morgan fingerprint density at radius 2 is 1.32 bits per heavy atom. The van der Waals surface area contributed by atoms with Crippen LogP contribution in [0.15, 0.2) is 103 Å². The first kappa shape index (κ1) is 26.5. The molecule has 1 atom stereocenters. The number of amides is 2. The number of ether oxygens (including phenoxy) is 3. The SMILES string of the molecule is Cc1ccc(Oc2ccc(N3C[C@H](C(=O)OCC(=O)Nc4ccc(Oc5ccccc5)cc4)CC3=O)cc2)cc1. The van der Waals surface area contributed by atoms with Crippen molar-refractivity contribution in [2.24, 2.45) is 5.92 Å². The van der Waals surface area contributed by atoms with E-state index in [0.717, 1.165) is 11.3 Å². The normalized spacial score (nSPS) is 14.5. The zero-order valence-corrected chi connectivity index (χ0v) is 21.9. The highest BCUT2D eigenvalue weighted by Gasteiger charge is 2.36. The van der Waals surface area contributed by atoms with E-state index >= 15 is 0 Å². The minimum absolute atomic E-state index is 0.0188. The van der Waals surface area contributed by atoms with Crippen LogP contribution in [0.3, 0.4) is 0 Å². The number of hydrogen-bond donors (Lipinski definition) is 1. The van der Waals surface area contributed by atoms with Gasteiger partial charge in [0.1, 0.15) is 23.0 Å². The van der Waals surface area contributed by atoms with Gasteiger partial charge >= 0.3 is 5.97 Å². The summed E-state index contributed by atoms with van der Waals surface area (Å²) in [5.41, 5.74) is 2.34. The number of aryl methyl sites for hydroxylation is 1. The zero-order chi connectivity index (χ0) is 27.9. The van der Waals surface area contributed by atoms with Crippen molar-refractivity contribution in [2.45, 2.75) is 13.3 Å². The molecule has 0 radical (unpaired) electrons. The van der Waals surface area contributed by atoms with Crippen molar-refractivity contribution in [2.75, 3.05) is 23.4 Å². The van der Waals surface area contributed by atoms with E-state index < -0.39 is 24.4 Å². The molecular formula is C32H28N2O6. The molecule has 1 aliphatic rings. The highest BCUT2D eigenvalue weighted by molar-refractivity contribution is 6.00. The summed E-state index contributed by atoms with van der Waals surface area (Å²) in [5, 5.41) is 2.69. The fourth-order valence-electron chi connectivity index (χ4n) is 4.23. The Labute approximate surface area is 232 Å². The van der Waals surface area contributed by atoms with Crippen molar-refractivity contribution in [3.63, 3.8) is 0 Å². The van der Waals surface area contributed by atoms with Gasteiger partial charge < -0.3 is 24.4 Å². The Hall–Kier alpha value is -5.11. The maximum absolute atomic E-state index is 12.6. The maximum Gasteiger partial charge on any atom is 0.311 e. The van der Waals surface area contributed by atoms with Crippen LogP contribution >= 0.6 is 0 Å². The highest BCUT2D eigenvalue weighted by Crippen LogP contribution is 2.29. The number of rotatable bonds is 9. The van der Waals surface area contributed by atoms with Gasteiger partial charge in [-0.05, 0) is 79.7 Å². The molecule has 1 N–H and O–H groups in total. The molecule has 4 aromatic carbocycles. The van der Waals surface area contributed by atoms with E-state index in [1.807, 2.05) is 61.5 Å². The second kappa shape index (κ2) is 12.2. The summed E-state index contributed by atoms with van der Waals surface area (Å²) >= 11 is 0. The molecule has 2 amide bonds. The standard InChI is InChI=1S/C32H28N2O6/c1-22-7-13-27(14-8-22)40-29-17-11-25(12-18-29)34-20-23(19-31(34)36)32(37)38-21-30(35)33-24-9-15-28(16-10-24)39-26-5-3-2-4-6-26/h2-18,23H,19-21H2,1H3,(H,33,35)/t23-/m1/s1. The van der Waals surface area contributed by atoms with Crippen molar-refractivity contribution < 1.29 is 28.6 Å². The van der Waals surface area contributed by atoms with E-state index in [2.05, 4.69) is 5.32 Å². The number of carbonyl (C=O) groups is 3. The number of nitrogens with zero attached hydrogens (tertiary/aromatic N) is 1. The molecule has 1 heterocycles. The first-order valence-corrected chi connectivity index (χ1v) is 12.9. The van der Waals surface area contributed by atoms with Crippen LogP contribution in [0.2, 0.25) is 0 Å². The number of para-hydroxylation sites is 1. The number of anilines is 2. The Kier molecular flexibility index (Phi) is 8.06. The summed E-state index contributed by atoms with van der Waals surface area (Å²) in [5.74, 6) is 0.789. The molecule has 1 fully saturated rings. The van der Waals surface area contributed by atoms with Crippen molar-refractivity contribution in [1.82, 2.24) is 0 Å². The molecule has 5 rings (SSSR count). The van der Waals surface area contributed by atoms with Crippen LogP contribution in [0.4, 0.5) is 11.4 Å². The van der Waals surface area contributed by atoms with E-state index in [4.69, 9.17) is 14.2 Å². The maximum atomic E-state index is 12.6. The van der Waals surface area contributed by atoms with Crippen molar-refractivity contribution in [3.8, 4) is 23.0 Å². The largest absolute Gasteiger partial charge is 0.457 e. The lowest BCUT2D eigenvalue weighted by Crippen LogP contribution is -2.28. The summed E-state index contributed by atoms with van der Waals surface area (Å²) in [6.07, 6.45) is 0.0188. The molecule has 0 bridgehead atoms. The second-order valence-corrected chi connectivity index (χ2v) is 9.41. The molecule has 0 aliphatic carbocycles. The summed E-state index contributed by atoms with van der Waals surface area (Å²) < 4.78 is 16.8. The van der Waals surface area contributed by atoms with Gasteiger partial charge in [0.2, 0.25) is 5.91 Å². The van der Waals surface area contributed by atoms with Gasteiger partial charge in [0.05, 0.1) is 5.92 Å². The Balaban J connectivity index is 1.08. The van der Waals surface area contributed by atoms with Gasteiger partial charge in [0.15, 0.2) is 6.61 Å². The topological polar surface area (TPSA) is 94.2 Å². The predicted octanol–water partition coefficient (Wildman–Crippen LogP) is 6.11. The highest BCUT2D eigenvalue weighted by atomic mass is 16.5. The van der Waals surface area contributed by atoms with E-state index in [1.165, 1.54) is 0 Å². The number of esters is 1. The quantitative estimate of drug-likeness (QED) is 0.259. The molecule has 0 unspecified atom stereocenters. The molecule has 40 heavy (non-hydrogen) atoms. The second-order valence-electron chi connectivity index (χ2n) is 9.41. The molecule has 1 aliphatic heterocycles. The average molecular weight is 537 g/mol. The van der Waals surface area contributed by atoms with Crippen LogP contribution in [-0.4, -0.2) is 30.9 Å². The molecule has 4 aromatic rings. The minimum atomic E-state index is -0.654. The Morgan fingerprint density at radius 1 is 0.775 bits per heavy atom. The summed E-state index contributed by atoms with van der Waals surface area (Å²) in [4.78, 5) is 39.1. The van der Waals surface area contributed by atoms with Gasteiger partial charge in [0.25, 0.3) is 5.91 Å². The molecule has 8 nitrogen and oxygen atoms in total. The van der Waals surface area contributed by atoms with Gasteiger partial charge in [-0.15, -0.1) is 0 Å². The van der Waals surface area contributed by atoms with Gasteiger partial charge in [-0.1, -0.05) is 35.9 Å². The number of nitrogens with one attached hydrogen (secondary N) is 1. The molecule has 0 aromatic heterocycles. The van der Waals surface area contributed by atoms with Crippen LogP contribution in [0, 0.1) is 12.8 Å². The van der Waals surface area contributed by atoms with Crippen LogP contribution < -0.4 is 19.7 Å². The molecule has 1 saturated heterocycles. The number of hydrogen-bond acceptors (Lipinski definition) is 6. The Bertz CT molecular complexity index is 1470. The average Bonchev–Trinajstić information content (AvgIpc) is 3.36. The summed E-state index contributed by atoms with van der Waals surface area (Å²) in [7, 11) is 0. The van der Waals surface area contributed by atoms with Gasteiger partial charge in [-0.3, -0.25) is 14.4 Å². The van der Waals surface area contributed by atoms with E-state index in [-0.39, 0.29) is 18.9 Å². The smallest absolute Gasteiger partial charge is 0.311 e. The van der Waals surface area contributed by atoms with E-state index in [9.17, 15) is 14.4 Å². The lowest BCUT2D eigenvalue weighted by atomic mass is 10.1. The summed E-state index contributed by atoms with van der Waals surface area (Å²) in [6, 6.07) is 31.0. The van der Waals surface area contributed by atoms with Crippen LogP contribution in [0.1, 0.15) is 12.0 Å². The predicted molar refractivity (Wildman–Crippen MR) is 151 cm³/mol. The first-order chi connectivity index (χ1) is 19.4. The van der Waals surface area contributed by atoms with Crippen molar-refractivity contribution in [1.29, 1.82) is 0 Å². The van der Waals surface area contributed by atoms with Crippen LogP contribution in [0.5, 0.6) is 23.0 Å². The fourth-order valence-corrected chi connectivity index (χ4v) is 4.23. The monoisotopic (exact) mass is 536 g/mol. The van der Waals surface area contributed by atoms with Gasteiger partial charge in [0, 0.05) is 24.3 Å². The molecule has 0 saturated carbocycles. The molecule has 8 heteroatoms. The van der Waals surface area contributed by atoms with Crippen LogP contribution in [0.25, 0.3) is 0 Å². The Morgan fingerprint density at radius 3 is 1.95 bits per heavy atom. The van der Waals surface area contributed by atoms with Crippen molar-refractivity contribution in [3.05, 3.63) is 109 Å². The number of benzene rings is 4. The molecule has 0 spiro atoms. The minimum Gasteiger partial charge on any atom is -0.457 e. The molecule has 202 valence electrons. The summed E-state index contributed by atoms with van der Waals surface area (Å²) in [6.45, 7) is 1.74. The number of carbonyl (C=O) groups excluding carboxylic acids is 3. The fraction of sp³-hybridized carbons (Fsp3) is 0.156. The lowest BCUT2D eigenvalue weighted by molar-refractivity contribution is -0.151. The third-order valence-corrected chi connectivity index (χ3v) is 6.33.